The van der Waals surface area contributed by atoms with Crippen molar-refractivity contribution in [2.45, 2.75) is 13.0 Å². The number of halogens is 1. The van der Waals surface area contributed by atoms with Gasteiger partial charge in [0.05, 0.1) is 6.61 Å². The maximum atomic E-state index is 5.40. The van der Waals surface area contributed by atoms with Gasteiger partial charge in [-0.3, -0.25) is 0 Å². The summed E-state index contributed by atoms with van der Waals surface area (Å²) in [6.45, 7) is 2.07. The highest BCUT2D eigenvalue weighted by Crippen LogP contribution is 1.94. The maximum absolute atomic E-state index is 5.40. The molecule has 13 heavy (non-hydrogen) atoms. The fraction of sp³-hybridized carbons (Fsp3) is 0.714. The van der Waals surface area contributed by atoms with E-state index in [0.717, 1.165) is 18.8 Å². The summed E-state index contributed by atoms with van der Waals surface area (Å²) in [6, 6.07) is 0. The van der Waals surface area contributed by atoms with E-state index in [-0.39, 0.29) is 12.4 Å². The van der Waals surface area contributed by atoms with E-state index in [1.54, 1.807) is 13.4 Å². The Morgan fingerprint density at radius 3 is 3.00 bits per heavy atom. The Morgan fingerprint density at radius 1 is 1.62 bits per heavy atom. The Labute approximate surface area is 83.7 Å². The lowest BCUT2D eigenvalue weighted by Gasteiger charge is -2.03. The van der Waals surface area contributed by atoms with Crippen molar-refractivity contribution in [1.82, 2.24) is 14.8 Å². The second-order valence-corrected chi connectivity index (χ2v) is 2.47. The highest BCUT2D eigenvalue weighted by atomic mass is 35.5. The molecule has 0 aliphatic carbocycles. The first kappa shape index (κ1) is 12.3. The molecule has 0 saturated heterocycles. The molecule has 0 unspecified atom stereocenters. The van der Waals surface area contributed by atoms with Crippen LogP contribution in [0.5, 0.6) is 0 Å². The molecule has 0 aliphatic rings. The summed E-state index contributed by atoms with van der Waals surface area (Å²) in [6.07, 6.45) is 2.47. The molecule has 0 aliphatic heterocycles. The Bertz CT molecular complexity index is 228. The SMILES string of the molecule is COCCn1cnnc1CCN.Cl. The van der Waals surface area contributed by atoms with Gasteiger partial charge in [-0.15, -0.1) is 22.6 Å². The van der Waals surface area contributed by atoms with Crippen LogP contribution in [0.2, 0.25) is 0 Å². The first-order chi connectivity index (χ1) is 5.88. The van der Waals surface area contributed by atoms with Gasteiger partial charge >= 0.3 is 0 Å². The molecule has 1 aromatic rings. The first-order valence-corrected chi connectivity index (χ1v) is 3.94. The molecule has 0 fully saturated rings. The van der Waals surface area contributed by atoms with Crippen molar-refractivity contribution in [1.29, 1.82) is 0 Å². The predicted octanol–water partition coefficient (Wildman–Crippen LogP) is -0.152. The van der Waals surface area contributed by atoms with Gasteiger partial charge in [0.1, 0.15) is 12.2 Å². The van der Waals surface area contributed by atoms with Crippen molar-refractivity contribution in [3.8, 4) is 0 Å². The summed E-state index contributed by atoms with van der Waals surface area (Å²) in [5.74, 6) is 0.926. The van der Waals surface area contributed by atoms with Crippen LogP contribution in [0.4, 0.5) is 0 Å². The van der Waals surface area contributed by atoms with Gasteiger partial charge in [-0.1, -0.05) is 0 Å². The van der Waals surface area contributed by atoms with Gasteiger partial charge in [0.15, 0.2) is 0 Å². The molecule has 1 rings (SSSR count). The van der Waals surface area contributed by atoms with Crippen LogP contribution >= 0.6 is 12.4 Å². The van der Waals surface area contributed by atoms with E-state index in [9.17, 15) is 0 Å². The van der Waals surface area contributed by atoms with Crippen molar-refractivity contribution in [2.75, 3.05) is 20.3 Å². The van der Waals surface area contributed by atoms with Crippen LogP contribution in [0.15, 0.2) is 6.33 Å². The number of aromatic nitrogens is 3. The monoisotopic (exact) mass is 206 g/mol. The van der Waals surface area contributed by atoms with Crippen molar-refractivity contribution in [2.24, 2.45) is 5.73 Å². The summed E-state index contributed by atoms with van der Waals surface area (Å²) in [5, 5.41) is 7.73. The van der Waals surface area contributed by atoms with E-state index in [4.69, 9.17) is 10.5 Å². The topological polar surface area (TPSA) is 66.0 Å². The summed E-state index contributed by atoms with van der Waals surface area (Å²) < 4.78 is 6.90. The van der Waals surface area contributed by atoms with Crippen molar-refractivity contribution < 1.29 is 4.74 Å². The molecule has 0 radical (unpaired) electrons. The number of hydrogen-bond acceptors (Lipinski definition) is 4. The Morgan fingerprint density at radius 2 is 2.38 bits per heavy atom. The minimum atomic E-state index is 0. The Kier molecular flexibility index (Phi) is 6.48. The van der Waals surface area contributed by atoms with Crippen LogP contribution < -0.4 is 5.73 Å². The lowest BCUT2D eigenvalue weighted by molar-refractivity contribution is 0.186. The van der Waals surface area contributed by atoms with Crippen LogP contribution in [0, 0.1) is 0 Å². The third kappa shape index (κ3) is 3.71. The van der Waals surface area contributed by atoms with E-state index in [2.05, 4.69) is 10.2 Å². The van der Waals surface area contributed by atoms with Gasteiger partial charge in [0.2, 0.25) is 0 Å². The molecule has 0 amide bonds. The number of hydrogen-bond donors (Lipinski definition) is 1. The summed E-state index contributed by atoms with van der Waals surface area (Å²) >= 11 is 0. The lowest BCUT2D eigenvalue weighted by atomic mass is 10.4. The molecular weight excluding hydrogens is 192 g/mol. The van der Waals surface area contributed by atoms with Crippen molar-refractivity contribution in [3.05, 3.63) is 12.2 Å². The van der Waals surface area contributed by atoms with Gasteiger partial charge in [-0.2, -0.15) is 0 Å². The van der Waals surface area contributed by atoms with Crippen LogP contribution in [0.3, 0.4) is 0 Å². The summed E-state index contributed by atoms with van der Waals surface area (Å²) in [5.41, 5.74) is 5.40. The minimum absolute atomic E-state index is 0. The van der Waals surface area contributed by atoms with Gasteiger partial charge in [0, 0.05) is 20.1 Å². The minimum Gasteiger partial charge on any atom is -0.383 e. The smallest absolute Gasteiger partial charge is 0.134 e. The predicted molar refractivity (Wildman–Crippen MR) is 51.9 cm³/mol. The molecule has 0 spiro atoms. The summed E-state index contributed by atoms with van der Waals surface area (Å²) in [4.78, 5) is 0. The number of nitrogens with two attached hydrogens (primary N) is 1. The fourth-order valence-electron chi connectivity index (χ4n) is 0.978. The molecule has 1 heterocycles. The second kappa shape index (κ2) is 6.82. The van der Waals surface area contributed by atoms with Crippen molar-refractivity contribution >= 4 is 12.4 Å². The molecule has 5 nitrogen and oxygen atoms in total. The second-order valence-electron chi connectivity index (χ2n) is 2.47. The van der Waals surface area contributed by atoms with E-state index >= 15 is 0 Å². The van der Waals surface area contributed by atoms with Gasteiger partial charge in [-0.25, -0.2) is 0 Å². The van der Waals surface area contributed by atoms with Gasteiger partial charge in [0.25, 0.3) is 0 Å². The third-order valence-corrected chi connectivity index (χ3v) is 1.60. The molecular formula is C7H15ClN4O. The molecule has 0 atom stereocenters. The number of ether oxygens (including phenoxy) is 1. The highest BCUT2D eigenvalue weighted by Gasteiger charge is 2.01. The Hall–Kier alpha value is -0.650. The van der Waals surface area contributed by atoms with E-state index in [1.807, 2.05) is 4.57 Å². The average Bonchev–Trinajstić information content (AvgIpc) is 2.50. The maximum Gasteiger partial charge on any atom is 0.134 e. The normalized spacial score (nSPS) is 9.69. The fourth-order valence-corrected chi connectivity index (χ4v) is 0.978. The lowest BCUT2D eigenvalue weighted by Crippen LogP contribution is -2.11. The summed E-state index contributed by atoms with van der Waals surface area (Å²) in [7, 11) is 1.67. The highest BCUT2D eigenvalue weighted by molar-refractivity contribution is 5.85. The number of methoxy groups -OCH3 is 1. The molecule has 2 N–H and O–H groups in total. The van der Waals surface area contributed by atoms with E-state index in [0.29, 0.717) is 13.2 Å². The molecule has 0 bridgehead atoms. The zero-order chi connectivity index (χ0) is 8.81. The standard InChI is InChI=1S/C7H14N4O.ClH/c1-12-5-4-11-6-9-10-7(11)2-3-8;/h6H,2-5,8H2,1H3;1H. The molecule has 1 aromatic heterocycles. The zero-order valence-electron chi connectivity index (χ0n) is 7.64. The molecule has 6 heteroatoms. The molecule has 0 saturated carbocycles. The van der Waals surface area contributed by atoms with Crippen LogP contribution in [0.25, 0.3) is 0 Å². The number of nitrogens with zero attached hydrogens (tertiary/aromatic N) is 3. The Balaban J connectivity index is 0.00000144. The van der Waals surface area contributed by atoms with Crippen LogP contribution in [-0.4, -0.2) is 35.0 Å². The van der Waals surface area contributed by atoms with Crippen LogP contribution in [-0.2, 0) is 17.7 Å². The zero-order valence-corrected chi connectivity index (χ0v) is 8.46. The quantitative estimate of drug-likeness (QED) is 0.728. The van der Waals surface area contributed by atoms with Crippen LogP contribution in [0.1, 0.15) is 5.82 Å². The first-order valence-electron chi connectivity index (χ1n) is 3.94. The van der Waals surface area contributed by atoms with Gasteiger partial charge in [-0.05, 0) is 6.54 Å². The largest absolute Gasteiger partial charge is 0.383 e. The van der Waals surface area contributed by atoms with Crippen molar-refractivity contribution in [3.63, 3.8) is 0 Å². The van der Waals surface area contributed by atoms with Gasteiger partial charge < -0.3 is 15.0 Å². The molecule has 76 valence electrons. The van der Waals surface area contributed by atoms with E-state index < -0.39 is 0 Å². The number of rotatable bonds is 5. The van der Waals surface area contributed by atoms with E-state index in [1.165, 1.54) is 0 Å². The molecule has 0 aromatic carbocycles. The average molecular weight is 207 g/mol. The third-order valence-electron chi connectivity index (χ3n) is 1.60.